The van der Waals surface area contributed by atoms with Gasteiger partial charge in [-0.3, -0.25) is 0 Å². The van der Waals surface area contributed by atoms with Gasteiger partial charge in [-0.05, 0) is 12.1 Å². The molecule has 0 aliphatic heterocycles. The van der Waals surface area contributed by atoms with Crippen molar-refractivity contribution in [3.8, 4) is 0 Å². The topological polar surface area (TPSA) is 62.4 Å². The fourth-order valence-electron chi connectivity index (χ4n) is 0.893. The maximum absolute atomic E-state index is 12.0. The van der Waals surface area contributed by atoms with Crippen LogP contribution in [0.25, 0.3) is 0 Å². The summed E-state index contributed by atoms with van der Waals surface area (Å²) in [6.07, 6.45) is -4.89. The standard InChI is InChI=1S/C8H13F2N3O2/c1-3-13(2)8-11-6(15-12-8)4-5(14)7(9)10/h5,7,14H,3-4H2,1-2H3. The Morgan fingerprint density at radius 1 is 1.53 bits per heavy atom. The molecule has 0 fully saturated rings. The molecule has 5 nitrogen and oxygen atoms in total. The van der Waals surface area contributed by atoms with Crippen molar-refractivity contribution in [3.05, 3.63) is 5.89 Å². The Labute approximate surface area is 85.7 Å². The Morgan fingerprint density at radius 3 is 2.73 bits per heavy atom. The lowest BCUT2D eigenvalue weighted by atomic mass is 10.2. The second kappa shape index (κ2) is 5.01. The lowest BCUT2D eigenvalue weighted by Gasteiger charge is -2.08. The van der Waals surface area contributed by atoms with Gasteiger partial charge in [0.05, 0.1) is 6.42 Å². The van der Waals surface area contributed by atoms with E-state index < -0.39 is 12.5 Å². The molecule has 86 valence electrons. The van der Waals surface area contributed by atoms with Crippen molar-refractivity contribution in [2.45, 2.75) is 25.9 Å². The maximum atomic E-state index is 12.0. The molecule has 0 bridgehead atoms. The predicted octanol–water partition coefficient (Wildman–Crippen LogP) is 0.694. The van der Waals surface area contributed by atoms with E-state index in [0.29, 0.717) is 12.5 Å². The summed E-state index contributed by atoms with van der Waals surface area (Å²) in [7, 11) is 1.75. The monoisotopic (exact) mass is 221 g/mol. The van der Waals surface area contributed by atoms with E-state index in [0.717, 1.165) is 0 Å². The van der Waals surface area contributed by atoms with Crippen LogP contribution in [0.1, 0.15) is 12.8 Å². The molecule has 1 N–H and O–H groups in total. The van der Waals surface area contributed by atoms with Crippen molar-refractivity contribution in [1.29, 1.82) is 0 Å². The summed E-state index contributed by atoms with van der Waals surface area (Å²) in [5.74, 6) is 0.340. The van der Waals surface area contributed by atoms with Crippen molar-refractivity contribution in [2.75, 3.05) is 18.5 Å². The van der Waals surface area contributed by atoms with Gasteiger partial charge < -0.3 is 14.5 Å². The number of anilines is 1. The van der Waals surface area contributed by atoms with Crippen LogP contribution in [-0.4, -0.2) is 41.4 Å². The lowest BCUT2D eigenvalue weighted by molar-refractivity contribution is -0.00754. The molecule has 1 aromatic rings. The van der Waals surface area contributed by atoms with Crippen LogP contribution >= 0.6 is 0 Å². The number of aliphatic hydroxyl groups is 1. The maximum Gasteiger partial charge on any atom is 0.265 e. The van der Waals surface area contributed by atoms with Crippen LogP contribution in [0.3, 0.4) is 0 Å². The first-order valence-corrected chi connectivity index (χ1v) is 4.54. The van der Waals surface area contributed by atoms with Crippen LogP contribution in [0.15, 0.2) is 4.52 Å². The fraction of sp³-hybridized carbons (Fsp3) is 0.750. The number of nitrogens with zero attached hydrogens (tertiary/aromatic N) is 3. The van der Waals surface area contributed by atoms with E-state index in [1.54, 1.807) is 11.9 Å². The molecule has 1 rings (SSSR count). The minimum atomic E-state index is -2.80. The smallest absolute Gasteiger partial charge is 0.265 e. The summed E-state index contributed by atoms with van der Waals surface area (Å²) in [6, 6.07) is 0. The molecular weight excluding hydrogens is 208 g/mol. The summed E-state index contributed by atoms with van der Waals surface area (Å²) >= 11 is 0. The molecule has 1 atom stereocenters. The minimum Gasteiger partial charge on any atom is -0.387 e. The Hall–Kier alpha value is -1.24. The third-order valence-electron chi connectivity index (χ3n) is 1.95. The zero-order valence-corrected chi connectivity index (χ0v) is 8.52. The van der Waals surface area contributed by atoms with Gasteiger partial charge >= 0.3 is 0 Å². The zero-order valence-electron chi connectivity index (χ0n) is 8.52. The molecule has 0 aromatic carbocycles. The van der Waals surface area contributed by atoms with Crippen molar-refractivity contribution in [2.24, 2.45) is 0 Å². The van der Waals surface area contributed by atoms with E-state index in [2.05, 4.69) is 10.1 Å². The van der Waals surface area contributed by atoms with Gasteiger partial charge in [-0.2, -0.15) is 4.98 Å². The highest BCUT2D eigenvalue weighted by Crippen LogP contribution is 2.11. The molecule has 15 heavy (non-hydrogen) atoms. The van der Waals surface area contributed by atoms with E-state index in [4.69, 9.17) is 9.63 Å². The van der Waals surface area contributed by atoms with E-state index >= 15 is 0 Å². The Kier molecular flexibility index (Phi) is 3.96. The average molecular weight is 221 g/mol. The van der Waals surface area contributed by atoms with Gasteiger partial charge in [-0.1, -0.05) is 0 Å². The highest BCUT2D eigenvalue weighted by Gasteiger charge is 2.21. The van der Waals surface area contributed by atoms with Crippen molar-refractivity contribution < 1.29 is 18.4 Å². The van der Waals surface area contributed by atoms with Crippen molar-refractivity contribution >= 4 is 5.95 Å². The average Bonchev–Trinajstić information content (AvgIpc) is 2.65. The molecule has 1 heterocycles. The first kappa shape index (κ1) is 11.8. The number of aliphatic hydroxyl groups excluding tert-OH is 1. The van der Waals surface area contributed by atoms with Crippen molar-refractivity contribution in [3.63, 3.8) is 0 Å². The number of halogens is 2. The number of rotatable bonds is 5. The van der Waals surface area contributed by atoms with Gasteiger partial charge in [0.25, 0.3) is 12.4 Å². The summed E-state index contributed by atoms with van der Waals surface area (Å²) < 4.78 is 28.7. The van der Waals surface area contributed by atoms with Gasteiger partial charge in [0.1, 0.15) is 6.10 Å². The Bertz CT molecular complexity index is 306. The third-order valence-corrected chi connectivity index (χ3v) is 1.95. The van der Waals surface area contributed by atoms with Crippen LogP contribution in [0.4, 0.5) is 14.7 Å². The van der Waals surface area contributed by atoms with Crippen LogP contribution in [-0.2, 0) is 6.42 Å². The van der Waals surface area contributed by atoms with Crippen LogP contribution in [0.5, 0.6) is 0 Å². The first-order valence-electron chi connectivity index (χ1n) is 4.54. The molecule has 0 spiro atoms. The molecular formula is C8H13F2N3O2. The molecule has 0 aliphatic carbocycles. The van der Waals surface area contributed by atoms with E-state index in [9.17, 15) is 8.78 Å². The summed E-state index contributed by atoms with van der Waals surface area (Å²) in [4.78, 5) is 5.55. The highest BCUT2D eigenvalue weighted by atomic mass is 19.3. The molecule has 0 saturated heterocycles. The van der Waals surface area contributed by atoms with Crippen LogP contribution < -0.4 is 4.90 Å². The number of hydrogen-bond donors (Lipinski definition) is 1. The van der Waals surface area contributed by atoms with E-state index in [-0.39, 0.29) is 12.3 Å². The fourth-order valence-corrected chi connectivity index (χ4v) is 0.893. The van der Waals surface area contributed by atoms with Gasteiger partial charge in [0, 0.05) is 13.6 Å². The van der Waals surface area contributed by atoms with Gasteiger partial charge in [-0.15, -0.1) is 0 Å². The van der Waals surface area contributed by atoms with E-state index in [1.165, 1.54) is 0 Å². The second-order valence-corrected chi connectivity index (χ2v) is 3.11. The van der Waals surface area contributed by atoms with Crippen LogP contribution in [0, 0.1) is 0 Å². The second-order valence-electron chi connectivity index (χ2n) is 3.11. The molecule has 0 aliphatic rings. The number of alkyl halides is 2. The minimum absolute atomic E-state index is 0.0121. The molecule has 0 radical (unpaired) electrons. The lowest BCUT2D eigenvalue weighted by Crippen LogP contribution is -2.20. The van der Waals surface area contributed by atoms with Gasteiger partial charge in [-0.25, -0.2) is 8.78 Å². The van der Waals surface area contributed by atoms with Gasteiger partial charge in [0.2, 0.25) is 5.89 Å². The summed E-state index contributed by atoms with van der Waals surface area (Å²) in [6.45, 7) is 2.57. The van der Waals surface area contributed by atoms with E-state index in [1.807, 2.05) is 6.92 Å². The molecule has 0 amide bonds. The van der Waals surface area contributed by atoms with Crippen LogP contribution in [0.2, 0.25) is 0 Å². The molecule has 7 heteroatoms. The number of hydrogen-bond acceptors (Lipinski definition) is 5. The molecule has 0 saturated carbocycles. The SMILES string of the molecule is CCN(C)c1noc(CC(O)C(F)F)n1. The quantitative estimate of drug-likeness (QED) is 0.792. The summed E-state index contributed by atoms with van der Waals surface area (Å²) in [5, 5.41) is 12.5. The van der Waals surface area contributed by atoms with Crippen molar-refractivity contribution in [1.82, 2.24) is 10.1 Å². The predicted molar refractivity (Wildman–Crippen MR) is 49.0 cm³/mol. The zero-order chi connectivity index (χ0) is 11.4. The number of aromatic nitrogens is 2. The Balaban J connectivity index is 2.60. The largest absolute Gasteiger partial charge is 0.387 e. The molecule has 1 aromatic heterocycles. The summed E-state index contributed by atoms with van der Waals surface area (Å²) in [5.41, 5.74) is 0. The van der Waals surface area contributed by atoms with Gasteiger partial charge in [0.15, 0.2) is 0 Å². The Morgan fingerprint density at radius 2 is 2.20 bits per heavy atom. The normalized spacial score (nSPS) is 13.2. The highest BCUT2D eigenvalue weighted by molar-refractivity contribution is 5.25. The first-order chi connectivity index (χ1) is 7.04. The molecule has 1 unspecified atom stereocenters. The third kappa shape index (κ3) is 3.12.